The van der Waals surface area contributed by atoms with E-state index in [0.717, 1.165) is 17.9 Å². The Morgan fingerprint density at radius 3 is 2.36 bits per heavy atom. The van der Waals surface area contributed by atoms with Crippen LogP contribution in [0.5, 0.6) is 5.75 Å². The van der Waals surface area contributed by atoms with Crippen LogP contribution in [-0.2, 0) is 14.4 Å². The van der Waals surface area contributed by atoms with Gasteiger partial charge in [-0.2, -0.15) is 0 Å². The van der Waals surface area contributed by atoms with Crippen molar-refractivity contribution in [1.82, 2.24) is 9.80 Å². The van der Waals surface area contributed by atoms with Crippen molar-refractivity contribution in [3.8, 4) is 5.75 Å². The largest absolute Gasteiger partial charge is 0.494 e. The molecule has 2 fully saturated rings. The van der Waals surface area contributed by atoms with E-state index in [2.05, 4.69) is 46.8 Å². The van der Waals surface area contributed by atoms with E-state index in [4.69, 9.17) is 4.74 Å². The molecule has 4 aliphatic rings. The highest BCUT2D eigenvalue weighted by molar-refractivity contribution is 8.02. The van der Waals surface area contributed by atoms with Crippen LogP contribution in [0.1, 0.15) is 54.4 Å². The van der Waals surface area contributed by atoms with Crippen LogP contribution in [0, 0.1) is 17.3 Å². The van der Waals surface area contributed by atoms with Crippen molar-refractivity contribution in [3.05, 3.63) is 48.6 Å². The Hall–Kier alpha value is -2.78. The smallest absolute Gasteiger partial charge is 0.247 e. The summed E-state index contributed by atoms with van der Waals surface area (Å²) in [7, 11) is 0. The molecule has 2 saturated heterocycles. The average molecular weight is 596 g/mol. The Balaban J connectivity index is 1.54. The number of likely N-dealkylation sites (tertiary alicyclic amines) is 1. The lowest BCUT2D eigenvalue weighted by molar-refractivity contribution is -0.146. The number of aliphatic hydroxyl groups is 1. The molecule has 1 spiro atoms. The summed E-state index contributed by atoms with van der Waals surface area (Å²) < 4.78 is 4.72. The first-order chi connectivity index (χ1) is 19.8. The molecule has 228 valence electrons. The van der Waals surface area contributed by atoms with Crippen LogP contribution in [0.15, 0.2) is 48.6 Å². The summed E-state index contributed by atoms with van der Waals surface area (Å²) in [5.41, 5.74) is 0.308. The molecule has 4 heterocycles. The number of carbonyl (C=O) groups is 3. The standard InChI is InChI=1S/C33H45N3O5S/c1-7-41-23-14-12-22(13-15-23)34-17-8-11-24-25(28(34)38)26-29(39)35(18-10-20-37)27-30(40)36(19-9-16-33(26,27)42-24)32(5,6)21-31(2,3)4/h8-9,11-16,24-27,37H,7,10,17-21H2,1-6H3/t24-,25+,26+,27?,33+/m1/s1. The van der Waals surface area contributed by atoms with Gasteiger partial charge in [0.1, 0.15) is 11.8 Å². The Morgan fingerprint density at radius 2 is 1.71 bits per heavy atom. The van der Waals surface area contributed by atoms with Crippen LogP contribution in [0.2, 0.25) is 0 Å². The molecule has 42 heavy (non-hydrogen) atoms. The van der Waals surface area contributed by atoms with Crippen molar-refractivity contribution in [2.24, 2.45) is 17.3 Å². The van der Waals surface area contributed by atoms with Crippen molar-refractivity contribution >= 4 is 35.2 Å². The number of benzene rings is 1. The monoisotopic (exact) mass is 595 g/mol. The summed E-state index contributed by atoms with van der Waals surface area (Å²) in [6.07, 6.45) is 9.33. The van der Waals surface area contributed by atoms with Gasteiger partial charge in [0, 0.05) is 42.7 Å². The second-order valence-corrected chi connectivity index (χ2v) is 15.1. The van der Waals surface area contributed by atoms with Gasteiger partial charge in [-0.15, -0.1) is 11.8 Å². The molecule has 0 radical (unpaired) electrons. The molecule has 1 unspecified atom stereocenters. The van der Waals surface area contributed by atoms with Crippen LogP contribution in [-0.4, -0.2) is 87.1 Å². The van der Waals surface area contributed by atoms with E-state index in [1.807, 2.05) is 48.2 Å². The zero-order valence-electron chi connectivity index (χ0n) is 25.7. The topological polar surface area (TPSA) is 90.4 Å². The molecular formula is C33H45N3O5S. The van der Waals surface area contributed by atoms with Crippen LogP contribution in [0.3, 0.4) is 0 Å². The quantitative estimate of drug-likeness (QED) is 0.452. The van der Waals surface area contributed by atoms with E-state index in [0.29, 0.717) is 26.1 Å². The summed E-state index contributed by atoms with van der Waals surface area (Å²) in [6, 6.07) is 6.74. The minimum Gasteiger partial charge on any atom is -0.494 e. The van der Waals surface area contributed by atoms with Crippen LogP contribution in [0.25, 0.3) is 0 Å². The number of anilines is 1. The predicted molar refractivity (Wildman–Crippen MR) is 166 cm³/mol. The summed E-state index contributed by atoms with van der Waals surface area (Å²) in [6.45, 7) is 14.3. The predicted octanol–water partition coefficient (Wildman–Crippen LogP) is 4.28. The number of nitrogens with zero attached hydrogens (tertiary/aromatic N) is 3. The maximum atomic E-state index is 14.6. The van der Waals surface area contributed by atoms with Gasteiger partial charge in [0.2, 0.25) is 17.7 Å². The molecule has 3 amide bonds. The van der Waals surface area contributed by atoms with Gasteiger partial charge < -0.3 is 24.5 Å². The van der Waals surface area contributed by atoms with Gasteiger partial charge in [-0.3, -0.25) is 14.4 Å². The van der Waals surface area contributed by atoms with Gasteiger partial charge in [0.15, 0.2) is 0 Å². The lowest BCUT2D eigenvalue weighted by Crippen LogP contribution is -2.58. The first kappa shape index (κ1) is 30.7. The first-order valence-electron chi connectivity index (χ1n) is 15.1. The molecule has 0 aliphatic carbocycles. The molecule has 4 aliphatic heterocycles. The lowest BCUT2D eigenvalue weighted by Gasteiger charge is -2.44. The molecule has 1 N–H and O–H groups in total. The third-order valence-corrected chi connectivity index (χ3v) is 10.6. The van der Waals surface area contributed by atoms with E-state index in [1.54, 1.807) is 21.6 Å². The minimum atomic E-state index is -0.868. The van der Waals surface area contributed by atoms with Crippen molar-refractivity contribution in [3.63, 3.8) is 0 Å². The molecule has 5 atom stereocenters. The highest BCUT2D eigenvalue weighted by Crippen LogP contribution is 2.61. The normalized spacial score (nSPS) is 29.4. The summed E-state index contributed by atoms with van der Waals surface area (Å²) in [5.74, 6) is -0.899. The fourth-order valence-corrected chi connectivity index (χ4v) is 9.68. The Labute approximate surface area is 254 Å². The second-order valence-electron chi connectivity index (χ2n) is 13.7. The van der Waals surface area contributed by atoms with Crippen molar-refractivity contribution in [1.29, 1.82) is 0 Å². The van der Waals surface area contributed by atoms with E-state index >= 15 is 0 Å². The number of aliphatic hydroxyl groups excluding tert-OH is 1. The van der Waals surface area contributed by atoms with Gasteiger partial charge in [-0.1, -0.05) is 45.1 Å². The van der Waals surface area contributed by atoms with Crippen molar-refractivity contribution in [2.75, 3.05) is 37.7 Å². The zero-order valence-corrected chi connectivity index (χ0v) is 26.5. The molecule has 8 nitrogen and oxygen atoms in total. The SMILES string of the molecule is CCOc1ccc(N2CC=C[C@H]3S[C@]45C=CCN(C(C)(C)CC(C)(C)C)C(=O)C4N(CCCO)C(=O)[C@@H]5[C@H]3C2=O)cc1. The Morgan fingerprint density at radius 1 is 1.00 bits per heavy atom. The Bertz CT molecular complexity index is 1270. The van der Waals surface area contributed by atoms with Crippen molar-refractivity contribution < 1.29 is 24.2 Å². The number of hydrogen-bond acceptors (Lipinski definition) is 6. The number of hydrogen-bond donors (Lipinski definition) is 1. The van der Waals surface area contributed by atoms with E-state index in [-0.39, 0.29) is 41.5 Å². The third kappa shape index (κ3) is 5.27. The second kappa shape index (κ2) is 11.4. The third-order valence-electron chi connectivity index (χ3n) is 8.87. The number of rotatable bonds is 8. The van der Waals surface area contributed by atoms with Gasteiger partial charge >= 0.3 is 0 Å². The molecular weight excluding hydrogens is 550 g/mol. The van der Waals surface area contributed by atoms with Crippen molar-refractivity contribution in [2.45, 2.75) is 76.0 Å². The molecule has 0 aromatic heterocycles. The lowest BCUT2D eigenvalue weighted by atomic mass is 9.77. The molecule has 0 bridgehead atoms. The summed E-state index contributed by atoms with van der Waals surface area (Å²) in [5, 5.41) is 9.46. The summed E-state index contributed by atoms with van der Waals surface area (Å²) in [4.78, 5) is 48.7. The highest BCUT2D eigenvalue weighted by atomic mass is 32.2. The maximum absolute atomic E-state index is 14.6. The van der Waals surface area contributed by atoms with Gasteiger partial charge in [-0.25, -0.2) is 0 Å². The van der Waals surface area contributed by atoms with Gasteiger partial charge in [0.05, 0.1) is 23.2 Å². The number of thioether (sulfide) groups is 1. The fraction of sp³-hybridized carbons (Fsp3) is 0.606. The molecule has 0 saturated carbocycles. The van der Waals surface area contributed by atoms with Crippen LogP contribution >= 0.6 is 11.8 Å². The maximum Gasteiger partial charge on any atom is 0.247 e. The fourth-order valence-electron chi connectivity index (χ4n) is 7.68. The number of carbonyl (C=O) groups excluding carboxylic acids is 3. The van der Waals surface area contributed by atoms with Gasteiger partial charge in [0.25, 0.3) is 0 Å². The molecule has 5 rings (SSSR count). The molecule has 9 heteroatoms. The Kier molecular flexibility index (Phi) is 8.31. The molecule has 1 aromatic rings. The average Bonchev–Trinajstić information content (AvgIpc) is 3.21. The van der Waals surface area contributed by atoms with E-state index in [1.165, 1.54) is 0 Å². The minimum absolute atomic E-state index is 0.00106. The number of fused-ring (bicyclic) bond motifs is 2. The summed E-state index contributed by atoms with van der Waals surface area (Å²) >= 11 is 1.59. The van der Waals surface area contributed by atoms with E-state index in [9.17, 15) is 19.5 Å². The zero-order chi connectivity index (χ0) is 30.4. The highest BCUT2D eigenvalue weighted by Gasteiger charge is 2.71. The van der Waals surface area contributed by atoms with Crippen LogP contribution < -0.4 is 9.64 Å². The molecule has 1 aromatic carbocycles. The van der Waals surface area contributed by atoms with Crippen LogP contribution in [0.4, 0.5) is 5.69 Å². The van der Waals surface area contributed by atoms with Gasteiger partial charge in [-0.05, 0) is 63.3 Å². The number of amides is 3. The first-order valence-corrected chi connectivity index (χ1v) is 16.0. The number of ether oxygens (including phenoxy) is 1. The van der Waals surface area contributed by atoms with E-state index < -0.39 is 28.2 Å².